The van der Waals surface area contributed by atoms with Crippen molar-refractivity contribution < 1.29 is 14.7 Å². The standard InChI is InChI=1S/C23H21N5O3/c1-14-5-2-7-16(12-19(29)30)20(14)26-23(31)21-18-9-4-10-28(18)27-22(25-21)17-8-3-6-15(11-17)13-24/h2-11H,12-13,24H2,1H3,(H,26,31)(H,29,30). The highest BCUT2D eigenvalue weighted by Crippen LogP contribution is 2.24. The van der Waals surface area contributed by atoms with Crippen LogP contribution >= 0.6 is 0 Å². The number of nitrogens with zero attached hydrogens (tertiary/aromatic N) is 3. The number of amides is 1. The molecule has 0 saturated carbocycles. The Bertz CT molecular complexity index is 1300. The van der Waals surface area contributed by atoms with Crippen LogP contribution in [0.1, 0.15) is 27.2 Å². The predicted molar refractivity (Wildman–Crippen MR) is 117 cm³/mol. The van der Waals surface area contributed by atoms with Crippen molar-refractivity contribution in [2.75, 3.05) is 5.32 Å². The Balaban J connectivity index is 1.77. The number of carbonyl (C=O) groups excluding carboxylic acids is 1. The van der Waals surface area contributed by atoms with Gasteiger partial charge in [-0.3, -0.25) is 9.59 Å². The van der Waals surface area contributed by atoms with Crippen LogP contribution in [0.25, 0.3) is 16.9 Å². The number of hydrogen-bond acceptors (Lipinski definition) is 5. The number of nitrogens with two attached hydrogens (primary N) is 1. The van der Waals surface area contributed by atoms with Gasteiger partial charge in [0, 0.05) is 24.0 Å². The molecule has 31 heavy (non-hydrogen) atoms. The van der Waals surface area contributed by atoms with E-state index in [2.05, 4.69) is 15.4 Å². The second-order valence-electron chi connectivity index (χ2n) is 7.16. The summed E-state index contributed by atoms with van der Waals surface area (Å²) >= 11 is 0. The summed E-state index contributed by atoms with van der Waals surface area (Å²) in [7, 11) is 0. The van der Waals surface area contributed by atoms with Crippen LogP contribution in [0.3, 0.4) is 0 Å². The molecule has 0 radical (unpaired) electrons. The number of carboxylic acids is 1. The van der Waals surface area contributed by atoms with Crippen molar-refractivity contribution in [1.82, 2.24) is 14.6 Å². The van der Waals surface area contributed by atoms with Crippen molar-refractivity contribution in [3.8, 4) is 11.4 Å². The molecule has 4 N–H and O–H groups in total. The summed E-state index contributed by atoms with van der Waals surface area (Å²) < 4.78 is 1.60. The van der Waals surface area contributed by atoms with E-state index in [1.807, 2.05) is 37.3 Å². The molecule has 8 nitrogen and oxygen atoms in total. The third-order valence-electron chi connectivity index (χ3n) is 4.97. The average Bonchev–Trinajstić information content (AvgIpc) is 3.23. The highest BCUT2D eigenvalue weighted by Gasteiger charge is 2.19. The van der Waals surface area contributed by atoms with Gasteiger partial charge in [-0.05, 0) is 41.8 Å². The zero-order chi connectivity index (χ0) is 22.0. The quantitative estimate of drug-likeness (QED) is 0.445. The molecule has 0 aliphatic carbocycles. The minimum atomic E-state index is -0.973. The minimum absolute atomic E-state index is 0.192. The number of aliphatic carboxylic acids is 1. The lowest BCUT2D eigenvalue weighted by Gasteiger charge is -2.14. The predicted octanol–water partition coefficient (Wildman–Crippen LogP) is 3.04. The Kier molecular flexibility index (Phi) is 5.46. The van der Waals surface area contributed by atoms with Crippen molar-refractivity contribution in [1.29, 1.82) is 0 Å². The molecule has 0 unspecified atom stereocenters. The second kappa shape index (κ2) is 8.37. The Labute approximate surface area is 178 Å². The van der Waals surface area contributed by atoms with E-state index in [4.69, 9.17) is 5.73 Å². The van der Waals surface area contributed by atoms with Crippen LogP contribution in [0.4, 0.5) is 5.69 Å². The van der Waals surface area contributed by atoms with Gasteiger partial charge in [0.1, 0.15) is 0 Å². The van der Waals surface area contributed by atoms with E-state index in [1.54, 1.807) is 35.0 Å². The number of anilines is 1. The van der Waals surface area contributed by atoms with Gasteiger partial charge in [0.2, 0.25) is 0 Å². The fraction of sp³-hybridized carbons (Fsp3) is 0.130. The Morgan fingerprint density at radius 1 is 1.13 bits per heavy atom. The lowest BCUT2D eigenvalue weighted by Crippen LogP contribution is -2.19. The lowest BCUT2D eigenvalue weighted by molar-refractivity contribution is -0.136. The number of aryl methyl sites for hydroxylation is 1. The summed E-state index contributed by atoms with van der Waals surface area (Å²) in [6.07, 6.45) is 1.55. The number of carboxylic acid groups (broad SMARTS) is 1. The van der Waals surface area contributed by atoms with Crippen molar-refractivity contribution in [2.45, 2.75) is 19.9 Å². The van der Waals surface area contributed by atoms with Crippen LogP contribution in [-0.2, 0) is 17.8 Å². The maximum absolute atomic E-state index is 13.2. The first kappa shape index (κ1) is 20.2. The summed E-state index contributed by atoms with van der Waals surface area (Å²) in [6, 6.07) is 16.3. The Morgan fingerprint density at radius 2 is 1.94 bits per heavy atom. The molecule has 1 amide bonds. The number of benzene rings is 2. The molecule has 0 bridgehead atoms. The van der Waals surface area contributed by atoms with Gasteiger partial charge in [0.15, 0.2) is 11.5 Å². The van der Waals surface area contributed by atoms with Gasteiger partial charge in [-0.2, -0.15) is 0 Å². The normalized spacial score (nSPS) is 10.9. The van der Waals surface area contributed by atoms with Crippen molar-refractivity contribution in [2.24, 2.45) is 5.73 Å². The van der Waals surface area contributed by atoms with E-state index in [0.717, 1.165) is 16.7 Å². The fourth-order valence-electron chi connectivity index (χ4n) is 3.45. The van der Waals surface area contributed by atoms with Gasteiger partial charge in [-0.15, -0.1) is 5.10 Å². The third kappa shape index (κ3) is 4.15. The van der Waals surface area contributed by atoms with Crippen molar-refractivity contribution in [3.05, 3.63) is 83.2 Å². The molecule has 0 spiro atoms. The van der Waals surface area contributed by atoms with E-state index < -0.39 is 11.9 Å². The molecule has 4 aromatic rings. The highest BCUT2D eigenvalue weighted by molar-refractivity contribution is 6.08. The van der Waals surface area contributed by atoms with Crippen LogP contribution in [0.2, 0.25) is 0 Å². The lowest BCUT2D eigenvalue weighted by atomic mass is 10.0. The summed E-state index contributed by atoms with van der Waals surface area (Å²) in [5.41, 5.74) is 9.93. The maximum atomic E-state index is 13.2. The van der Waals surface area contributed by atoms with Crippen LogP contribution in [0, 0.1) is 6.92 Å². The molecule has 2 heterocycles. The minimum Gasteiger partial charge on any atom is -0.481 e. The summed E-state index contributed by atoms with van der Waals surface area (Å²) in [6.45, 7) is 2.20. The molecule has 0 fully saturated rings. The zero-order valence-electron chi connectivity index (χ0n) is 16.9. The fourth-order valence-corrected chi connectivity index (χ4v) is 3.45. The maximum Gasteiger partial charge on any atom is 0.307 e. The molecule has 0 aliphatic heterocycles. The monoisotopic (exact) mass is 415 g/mol. The molecule has 8 heteroatoms. The van der Waals surface area contributed by atoms with Gasteiger partial charge in [-0.1, -0.05) is 36.4 Å². The number of hydrogen-bond donors (Lipinski definition) is 3. The summed E-state index contributed by atoms with van der Waals surface area (Å²) in [5, 5.41) is 16.6. The van der Waals surface area contributed by atoms with E-state index in [0.29, 0.717) is 29.1 Å². The molecule has 2 aromatic heterocycles. The van der Waals surface area contributed by atoms with Crippen LogP contribution < -0.4 is 11.1 Å². The zero-order valence-corrected chi connectivity index (χ0v) is 16.9. The largest absolute Gasteiger partial charge is 0.481 e. The first-order valence-corrected chi connectivity index (χ1v) is 9.72. The second-order valence-corrected chi connectivity index (χ2v) is 7.16. The smallest absolute Gasteiger partial charge is 0.307 e. The van der Waals surface area contributed by atoms with Gasteiger partial charge in [-0.25, -0.2) is 9.50 Å². The van der Waals surface area contributed by atoms with E-state index in [-0.39, 0.29) is 12.1 Å². The van der Waals surface area contributed by atoms with Crippen LogP contribution in [-0.4, -0.2) is 31.6 Å². The number of aromatic nitrogens is 3. The molecular weight excluding hydrogens is 394 g/mol. The molecule has 156 valence electrons. The first-order valence-electron chi connectivity index (χ1n) is 9.72. The topological polar surface area (TPSA) is 123 Å². The molecule has 0 saturated heterocycles. The summed E-state index contributed by atoms with van der Waals surface area (Å²) in [5.74, 6) is -1.03. The van der Waals surface area contributed by atoms with E-state index >= 15 is 0 Å². The van der Waals surface area contributed by atoms with Gasteiger partial charge >= 0.3 is 5.97 Å². The summed E-state index contributed by atoms with van der Waals surface area (Å²) in [4.78, 5) is 29.0. The van der Waals surface area contributed by atoms with Crippen LogP contribution in [0.15, 0.2) is 60.8 Å². The van der Waals surface area contributed by atoms with Crippen LogP contribution in [0.5, 0.6) is 0 Å². The van der Waals surface area contributed by atoms with Crippen molar-refractivity contribution in [3.63, 3.8) is 0 Å². The average molecular weight is 415 g/mol. The first-order chi connectivity index (χ1) is 15.0. The SMILES string of the molecule is Cc1cccc(CC(=O)O)c1NC(=O)c1nc(-c2cccc(CN)c2)nn2cccc12. The Morgan fingerprint density at radius 3 is 2.71 bits per heavy atom. The number of nitrogens with one attached hydrogen (secondary N) is 1. The molecule has 4 rings (SSSR count). The molecule has 0 atom stereocenters. The Hall–Kier alpha value is -4.04. The van der Waals surface area contributed by atoms with Gasteiger partial charge < -0.3 is 16.2 Å². The van der Waals surface area contributed by atoms with E-state index in [9.17, 15) is 14.7 Å². The van der Waals surface area contributed by atoms with E-state index in [1.165, 1.54) is 0 Å². The number of para-hydroxylation sites is 1. The van der Waals surface area contributed by atoms with Gasteiger partial charge in [0.05, 0.1) is 11.9 Å². The third-order valence-corrected chi connectivity index (χ3v) is 4.97. The van der Waals surface area contributed by atoms with Gasteiger partial charge in [0.25, 0.3) is 5.91 Å². The van der Waals surface area contributed by atoms with Crippen molar-refractivity contribution >= 4 is 23.1 Å². The molecular formula is C23H21N5O3. The molecule has 2 aromatic carbocycles. The number of carbonyl (C=O) groups is 2. The molecule has 0 aliphatic rings. The number of rotatable bonds is 6. The highest BCUT2D eigenvalue weighted by atomic mass is 16.4. The number of fused-ring (bicyclic) bond motifs is 1.